The summed E-state index contributed by atoms with van der Waals surface area (Å²) in [5.74, 6) is 0. The highest BCUT2D eigenvalue weighted by atomic mass is 35.5. The van der Waals surface area contributed by atoms with Gasteiger partial charge in [0.15, 0.2) is 0 Å². The van der Waals surface area contributed by atoms with Gasteiger partial charge >= 0.3 is 0 Å². The van der Waals surface area contributed by atoms with Crippen LogP contribution < -0.4 is 5.32 Å². The van der Waals surface area contributed by atoms with Crippen molar-refractivity contribution in [3.8, 4) is 0 Å². The molecule has 2 heterocycles. The minimum absolute atomic E-state index is 0. The second kappa shape index (κ2) is 8.75. The summed E-state index contributed by atoms with van der Waals surface area (Å²) in [6.07, 6.45) is 7.90. The quantitative estimate of drug-likeness (QED) is 0.893. The fourth-order valence-electron chi connectivity index (χ4n) is 2.53. The Hall–Kier alpha value is -0.290. The fraction of sp³-hybridized carbons (Fsp3) is 0.750. The van der Waals surface area contributed by atoms with E-state index in [2.05, 4.69) is 21.5 Å². The summed E-state index contributed by atoms with van der Waals surface area (Å²) < 4.78 is 1.88. The number of hydrogen-bond donors (Lipinski definition) is 1. The first kappa shape index (κ1) is 17.7. The third-order valence-electron chi connectivity index (χ3n) is 3.38. The molecule has 0 aliphatic carbocycles. The number of rotatable bonds is 5. The first-order chi connectivity index (χ1) is 7.79. The zero-order valence-corrected chi connectivity index (χ0v) is 12.8. The maximum absolute atomic E-state index is 4.20. The van der Waals surface area contributed by atoms with Gasteiger partial charge in [-0.15, -0.1) is 24.8 Å². The van der Waals surface area contributed by atoms with Crippen molar-refractivity contribution in [2.75, 3.05) is 26.7 Å². The molecule has 1 aliphatic rings. The Balaban J connectivity index is 0.00000144. The maximum atomic E-state index is 4.20. The molecule has 6 heteroatoms. The zero-order chi connectivity index (χ0) is 11.4. The van der Waals surface area contributed by atoms with Crippen molar-refractivity contribution in [1.82, 2.24) is 20.0 Å². The first-order valence-corrected chi connectivity index (χ1v) is 6.16. The SMILES string of the molecule is CNCC1CCCN1CCc1cnn(C)c1.Cl.Cl. The lowest BCUT2D eigenvalue weighted by atomic mass is 10.2. The molecule has 1 aromatic rings. The van der Waals surface area contributed by atoms with Gasteiger partial charge in [0.25, 0.3) is 0 Å². The molecule has 0 bridgehead atoms. The summed E-state index contributed by atoms with van der Waals surface area (Å²) in [5.41, 5.74) is 1.35. The molecule has 1 saturated heterocycles. The number of likely N-dealkylation sites (N-methyl/N-ethyl adjacent to an activating group) is 1. The van der Waals surface area contributed by atoms with Crippen LogP contribution in [-0.2, 0) is 13.5 Å². The van der Waals surface area contributed by atoms with Crippen molar-refractivity contribution in [2.24, 2.45) is 7.05 Å². The van der Waals surface area contributed by atoms with E-state index in [1.165, 1.54) is 24.9 Å². The fourth-order valence-corrected chi connectivity index (χ4v) is 2.53. The summed E-state index contributed by atoms with van der Waals surface area (Å²) in [7, 11) is 4.01. The van der Waals surface area contributed by atoms with Gasteiger partial charge < -0.3 is 5.32 Å². The lowest BCUT2D eigenvalue weighted by Gasteiger charge is -2.23. The number of halogens is 2. The lowest BCUT2D eigenvalue weighted by molar-refractivity contribution is 0.253. The highest BCUT2D eigenvalue weighted by Crippen LogP contribution is 2.16. The van der Waals surface area contributed by atoms with E-state index in [1.54, 1.807) is 0 Å². The van der Waals surface area contributed by atoms with Crippen LogP contribution in [0.25, 0.3) is 0 Å². The molecule has 1 atom stereocenters. The number of aryl methyl sites for hydroxylation is 1. The van der Waals surface area contributed by atoms with Crippen LogP contribution in [0.3, 0.4) is 0 Å². The van der Waals surface area contributed by atoms with Crippen molar-refractivity contribution in [3.05, 3.63) is 18.0 Å². The predicted molar refractivity (Wildman–Crippen MR) is 79.9 cm³/mol. The maximum Gasteiger partial charge on any atom is 0.0522 e. The minimum atomic E-state index is 0. The van der Waals surface area contributed by atoms with Gasteiger partial charge in [-0.3, -0.25) is 9.58 Å². The smallest absolute Gasteiger partial charge is 0.0522 e. The van der Waals surface area contributed by atoms with Crippen molar-refractivity contribution in [3.63, 3.8) is 0 Å². The number of likely N-dealkylation sites (tertiary alicyclic amines) is 1. The largest absolute Gasteiger partial charge is 0.318 e. The molecule has 0 radical (unpaired) electrons. The number of aromatic nitrogens is 2. The summed E-state index contributed by atoms with van der Waals surface area (Å²) in [6.45, 7) is 3.54. The molecule has 106 valence electrons. The van der Waals surface area contributed by atoms with Crippen molar-refractivity contribution < 1.29 is 0 Å². The normalized spacial score (nSPS) is 19.3. The Morgan fingerprint density at radius 2 is 2.22 bits per heavy atom. The Morgan fingerprint density at radius 3 is 2.83 bits per heavy atom. The zero-order valence-electron chi connectivity index (χ0n) is 11.1. The van der Waals surface area contributed by atoms with E-state index in [9.17, 15) is 0 Å². The number of nitrogens with one attached hydrogen (secondary N) is 1. The predicted octanol–water partition coefficient (Wildman–Crippen LogP) is 1.49. The molecule has 1 fully saturated rings. The summed E-state index contributed by atoms with van der Waals surface area (Å²) >= 11 is 0. The van der Waals surface area contributed by atoms with E-state index >= 15 is 0 Å². The van der Waals surface area contributed by atoms with Crippen LogP contribution in [0.1, 0.15) is 18.4 Å². The van der Waals surface area contributed by atoms with E-state index in [4.69, 9.17) is 0 Å². The molecule has 18 heavy (non-hydrogen) atoms. The van der Waals surface area contributed by atoms with Crippen LogP contribution in [0.2, 0.25) is 0 Å². The Labute approximate surface area is 122 Å². The molecule has 0 aromatic carbocycles. The van der Waals surface area contributed by atoms with Crippen LogP contribution in [0.5, 0.6) is 0 Å². The molecule has 1 aliphatic heterocycles. The van der Waals surface area contributed by atoms with Gasteiger partial charge in [0.1, 0.15) is 0 Å². The van der Waals surface area contributed by atoms with Crippen molar-refractivity contribution in [2.45, 2.75) is 25.3 Å². The van der Waals surface area contributed by atoms with E-state index in [0.717, 1.165) is 25.6 Å². The minimum Gasteiger partial charge on any atom is -0.318 e. The van der Waals surface area contributed by atoms with E-state index in [-0.39, 0.29) is 24.8 Å². The number of hydrogen-bond acceptors (Lipinski definition) is 3. The third kappa shape index (κ3) is 4.76. The van der Waals surface area contributed by atoms with E-state index < -0.39 is 0 Å². The van der Waals surface area contributed by atoms with Crippen LogP contribution >= 0.6 is 24.8 Å². The Bertz CT molecular complexity index is 330. The molecule has 1 unspecified atom stereocenters. The van der Waals surface area contributed by atoms with Crippen LogP contribution in [0.4, 0.5) is 0 Å². The third-order valence-corrected chi connectivity index (χ3v) is 3.38. The van der Waals surface area contributed by atoms with Crippen molar-refractivity contribution >= 4 is 24.8 Å². The molecular weight excluding hydrogens is 271 g/mol. The van der Waals surface area contributed by atoms with Gasteiger partial charge in [-0.1, -0.05) is 0 Å². The van der Waals surface area contributed by atoms with Gasteiger partial charge in [0.2, 0.25) is 0 Å². The molecule has 1 N–H and O–H groups in total. The summed E-state index contributed by atoms with van der Waals surface area (Å²) in [6, 6.07) is 0.738. The first-order valence-electron chi connectivity index (χ1n) is 6.16. The average molecular weight is 295 g/mol. The van der Waals surface area contributed by atoms with Gasteiger partial charge in [-0.05, 0) is 38.4 Å². The Morgan fingerprint density at radius 1 is 1.44 bits per heavy atom. The van der Waals surface area contributed by atoms with Gasteiger partial charge in [0.05, 0.1) is 6.20 Å². The standard InChI is InChI=1S/C12H22N4.2ClH/c1-13-9-12-4-3-6-16(12)7-5-11-8-14-15(2)10-11;;/h8,10,12-13H,3-7,9H2,1-2H3;2*1H. The van der Waals surface area contributed by atoms with Gasteiger partial charge in [-0.2, -0.15) is 5.10 Å². The van der Waals surface area contributed by atoms with Gasteiger partial charge in [-0.25, -0.2) is 0 Å². The summed E-state index contributed by atoms with van der Waals surface area (Å²) in [5, 5.41) is 7.49. The molecule has 2 rings (SSSR count). The van der Waals surface area contributed by atoms with Crippen LogP contribution in [-0.4, -0.2) is 47.4 Å². The summed E-state index contributed by atoms with van der Waals surface area (Å²) in [4.78, 5) is 2.60. The topological polar surface area (TPSA) is 33.1 Å². The highest BCUT2D eigenvalue weighted by Gasteiger charge is 2.23. The lowest BCUT2D eigenvalue weighted by Crippen LogP contribution is -2.37. The second-order valence-electron chi connectivity index (χ2n) is 4.66. The molecule has 4 nitrogen and oxygen atoms in total. The molecule has 1 aromatic heterocycles. The van der Waals surface area contributed by atoms with Crippen molar-refractivity contribution in [1.29, 1.82) is 0 Å². The molecule has 0 spiro atoms. The van der Waals surface area contributed by atoms with E-state index in [1.807, 2.05) is 25.0 Å². The monoisotopic (exact) mass is 294 g/mol. The van der Waals surface area contributed by atoms with Crippen LogP contribution in [0, 0.1) is 0 Å². The molecular formula is C12H24Cl2N4. The molecule has 0 saturated carbocycles. The van der Waals surface area contributed by atoms with Crippen LogP contribution in [0.15, 0.2) is 12.4 Å². The number of nitrogens with zero attached hydrogens (tertiary/aromatic N) is 3. The highest BCUT2D eigenvalue weighted by molar-refractivity contribution is 5.85. The Kier molecular flexibility index (Phi) is 8.61. The molecule has 0 amide bonds. The average Bonchev–Trinajstić information content (AvgIpc) is 2.85. The van der Waals surface area contributed by atoms with Gasteiger partial charge in [0, 0.05) is 32.4 Å². The second-order valence-corrected chi connectivity index (χ2v) is 4.66. The van der Waals surface area contributed by atoms with E-state index in [0.29, 0.717) is 0 Å².